The summed E-state index contributed by atoms with van der Waals surface area (Å²) in [7, 11) is 0. The van der Waals surface area contributed by atoms with E-state index in [1.807, 2.05) is 6.92 Å². The fraction of sp³-hybridized carbons (Fsp3) is 0.0833. The van der Waals surface area contributed by atoms with Gasteiger partial charge in [-0.3, -0.25) is 4.79 Å². The van der Waals surface area contributed by atoms with Crippen molar-refractivity contribution in [2.75, 3.05) is 0 Å². The van der Waals surface area contributed by atoms with Gasteiger partial charge in [0, 0.05) is 11.6 Å². The van der Waals surface area contributed by atoms with Gasteiger partial charge in [-0.15, -0.1) is 0 Å². The molecule has 0 bridgehead atoms. The number of carbonyl (C=O) groups excluding carboxylic acids is 1. The van der Waals surface area contributed by atoms with Crippen LogP contribution in [0.3, 0.4) is 0 Å². The lowest BCUT2D eigenvalue weighted by Gasteiger charge is -2.01. The second-order valence-electron chi connectivity index (χ2n) is 3.43. The molecule has 0 atom stereocenters. The van der Waals surface area contributed by atoms with Crippen molar-refractivity contribution in [1.82, 2.24) is 0 Å². The maximum atomic E-state index is 10.8. The molecule has 16 heavy (non-hydrogen) atoms. The summed E-state index contributed by atoms with van der Waals surface area (Å²) in [6.45, 7) is 1.91. The predicted octanol–water partition coefficient (Wildman–Crippen LogP) is 2.48. The lowest BCUT2D eigenvalue weighted by atomic mass is 10.2. The molecule has 0 aliphatic carbocycles. The van der Waals surface area contributed by atoms with Crippen molar-refractivity contribution >= 4 is 5.91 Å². The molecule has 1 amide bonds. The number of benzene rings is 1. The number of ether oxygens (including phenoxy) is 1. The Morgan fingerprint density at radius 2 is 2.00 bits per heavy atom. The fourth-order valence-electron chi connectivity index (χ4n) is 1.26. The van der Waals surface area contributed by atoms with Crippen molar-refractivity contribution in [3.05, 3.63) is 47.7 Å². The molecular formula is C12H11NO3. The molecule has 2 N–H and O–H groups in total. The highest BCUT2D eigenvalue weighted by Gasteiger charge is 2.03. The average molecular weight is 217 g/mol. The summed E-state index contributed by atoms with van der Waals surface area (Å²) in [6, 6.07) is 8.32. The summed E-state index contributed by atoms with van der Waals surface area (Å²) >= 11 is 0. The van der Waals surface area contributed by atoms with E-state index < -0.39 is 5.91 Å². The molecule has 0 aliphatic heterocycles. The van der Waals surface area contributed by atoms with E-state index in [-0.39, 0.29) is 0 Å². The molecule has 82 valence electrons. The first-order chi connectivity index (χ1) is 7.65. The zero-order chi connectivity index (χ0) is 11.5. The van der Waals surface area contributed by atoms with Crippen molar-refractivity contribution in [1.29, 1.82) is 0 Å². The van der Waals surface area contributed by atoms with Gasteiger partial charge in [0.1, 0.15) is 5.75 Å². The first-order valence-corrected chi connectivity index (χ1v) is 4.78. The Balaban J connectivity index is 2.14. The van der Waals surface area contributed by atoms with Crippen molar-refractivity contribution in [2.24, 2.45) is 5.73 Å². The van der Waals surface area contributed by atoms with Crippen LogP contribution >= 0.6 is 0 Å². The van der Waals surface area contributed by atoms with Crippen molar-refractivity contribution in [3.8, 4) is 11.7 Å². The number of nitrogens with two attached hydrogens (primary N) is 1. The number of primary amides is 1. The molecule has 0 spiro atoms. The molecule has 4 nitrogen and oxygen atoms in total. The highest BCUT2D eigenvalue weighted by Crippen LogP contribution is 2.23. The van der Waals surface area contributed by atoms with Crippen molar-refractivity contribution in [3.63, 3.8) is 0 Å². The number of amides is 1. The van der Waals surface area contributed by atoms with E-state index in [9.17, 15) is 4.79 Å². The Morgan fingerprint density at radius 1 is 1.31 bits per heavy atom. The minimum atomic E-state index is -0.458. The number of hydrogen-bond acceptors (Lipinski definition) is 3. The number of hydrogen-bond donors (Lipinski definition) is 1. The van der Waals surface area contributed by atoms with Gasteiger partial charge in [0.25, 0.3) is 5.95 Å². The van der Waals surface area contributed by atoms with E-state index >= 15 is 0 Å². The summed E-state index contributed by atoms with van der Waals surface area (Å²) in [5, 5.41) is 0. The molecule has 0 unspecified atom stereocenters. The largest absolute Gasteiger partial charge is 0.434 e. The molecule has 0 radical (unpaired) electrons. The number of rotatable bonds is 3. The predicted molar refractivity (Wildman–Crippen MR) is 58.5 cm³/mol. The van der Waals surface area contributed by atoms with Crippen LogP contribution in [0.25, 0.3) is 0 Å². The van der Waals surface area contributed by atoms with Gasteiger partial charge in [0.2, 0.25) is 5.91 Å². The molecule has 0 aliphatic rings. The first-order valence-electron chi connectivity index (χ1n) is 4.78. The molecule has 1 aromatic heterocycles. The Bertz CT molecular complexity index is 499. The Kier molecular flexibility index (Phi) is 2.64. The average Bonchev–Trinajstić information content (AvgIpc) is 2.65. The van der Waals surface area contributed by atoms with Crippen LogP contribution in [0.2, 0.25) is 0 Å². The molecule has 1 heterocycles. The van der Waals surface area contributed by atoms with E-state index in [1.54, 1.807) is 36.6 Å². The van der Waals surface area contributed by atoms with Gasteiger partial charge in [-0.25, -0.2) is 0 Å². The number of aryl methyl sites for hydroxylation is 1. The highest BCUT2D eigenvalue weighted by molar-refractivity contribution is 5.92. The van der Waals surface area contributed by atoms with Crippen LogP contribution in [0.15, 0.2) is 41.0 Å². The number of carbonyl (C=O) groups is 1. The van der Waals surface area contributed by atoms with Crippen LogP contribution < -0.4 is 10.5 Å². The second kappa shape index (κ2) is 4.10. The third-order valence-corrected chi connectivity index (χ3v) is 2.06. The van der Waals surface area contributed by atoms with Gasteiger partial charge >= 0.3 is 0 Å². The summed E-state index contributed by atoms with van der Waals surface area (Å²) in [5.41, 5.74) is 6.56. The van der Waals surface area contributed by atoms with Gasteiger partial charge in [0.05, 0.1) is 6.26 Å². The third-order valence-electron chi connectivity index (χ3n) is 2.06. The van der Waals surface area contributed by atoms with Crippen LogP contribution in [0.4, 0.5) is 0 Å². The van der Waals surface area contributed by atoms with Gasteiger partial charge < -0.3 is 14.9 Å². The third kappa shape index (κ3) is 2.23. The molecule has 2 rings (SSSR count). The molecule has 2 aromatic rings. The summed E-state index contributed by atoms with van der Waals surface area (Å²) in [6.07, 6.45) is 1.60. The molecule has 0 saturated heterocycles. The lowest BCUT2D eigenvalue weighted by molar-refractivity contribution is 0.100. The van der Waals surface area contributed by atoms with E-state index in [1.165, 1.54) is 0 Å². The standard InChI is InChI=1S/C12H11NO3/c1-8-6-11(15-7-8)16-10-4-2-9(3-5-10)12(13)14/h2-7H,1H3,(H2,13,14). The van der Waals surface area contributed by atoms with E-state index in [2.05, 4.69) is 0 Å². The Labute approximate surface area is 92.6 Å². The summed E-state index contributed by atoms with van der Waals surface area (Å²) in [4.78, 5) is 10.8. The highest BCUT2D eigenvalue weighted by atomic mass is 16.6. The van der Waals surface area contributed by atoms with Gasteiger partial charge in [-0.2, -0.15) is 0 Å². The van der Waals surface area contributed by atoms with E-state index in [0.29, 0.717) is 17.3 Å². The van der Waals surface area contributed by atoms with Crippen LogP contribution in [0.5, 0.6) is 11.7 Å². The van der Waals surface area contributed by atoms with Crippen molar-refractivity contribution < 1.29 is 13.9 Å². The minimum absolute atomic E-state index is 0.421. The zero-order valence-corrected chi connectivity index (χ0v) is 8.77. The second-order valence-corrected chi connectivity index (χ2v) is 3.43. The Hall–Kier alpha value is -2.23. The Morgan fingerprint density at radius 3 is 2.50 bits per heavy atom. The minimum Gasteiger partial charge on any atom is -0.434 e. The van der Waals surface area contributed by atoms with Crippen LogP contribution in [-0.2, 0) is 0 Å². The van der Waals surface area contributed by atoms with E-state index in [4.69, 9.17) is 14.9 Å². The zero-order valence-electron chi connectivity index (χ0n) is 8.77. The SMILES string of the molecule is Cc1coc(Oc2ccc(C(N)=O)cc2)c1. The van der Waals surface area contributed by atoms with Gasteiger partial charge in [0.15, 0.2) is 0 Å². The first kappa shape index (κ1) is 10.3. The van der Waals surface area contributed by atoms with E-state index in [0.717, 1.165) is 5.56 Å². The fourth-order valence-corrected chi connectivity index (χ4v) is 1.26. The molecular weight excluding hydrogens is 206 g/mol. The molecule has 4 heteroatoms. The molecule has 0 fully saturated rings. The van der Waals surface area contributed by atoms with Crippen molar-refractivity contribution in [2.45, 2.75) is 6.92 Å². The maximum Gasteiger partial charge on any atom is 0.290 e. The normalized spacial score (nSPS) is 10.1. The maximum absolute atomic E-state index is 10.8. The summed E-state index contributed by atoms with van der Waals surface area (Å²) < 4.78 is 10.5. The molecule has 0 saturated carbocycles. The topological polar surface area (TPSA) is 65.5 Å². The monoisotopic (exact) mass is 217 g/mol. The lowest BCUT2D eigenvalue weighted by Crippen LogP contribution is -2.10. The smallest absolute Gasteiger partial charge is 0.290 e. The quantitative estimate of drug-likeness (QED) is 0.858. The van der Waals surface area contributed by atoms with Crippen LogP contribution in [0.1, 0.15) is 15.9 Å². The van der Waals surface area contributed by atoms with Crippen LogP contribution in [-0.4, -0.2) is 5.91 Å². The van der Waals surface area contributed by atoms with Crippen LogP contribution in [0, 0.1) is 6.92 Å². The van der Waals surface area contributed by atoms with Gasteiger partial charge in [-0.05, 0) is 36.8 Å². The molecule has 1 aromatic carbocycles. The van der Waals surface area contributed by atoms with Gasteiger partial charge in [-0.1, -0.05) is 0 Å². The number of furan rings is 1. The summed E-state index contributed by atoms with van der Waals surface area (Å²) in [5.74, 6) is 0.559.